The van der Waals surface area contributed by atoms with Gasteiger partial charge in [0.1, 0.15) is 6.10 Å². The van der Waals surface area contributed by atoms with Gasteiger partial charge in [-0.05, 0) is 38.5 Å². The highest BCUT2D eigenvalue weighted by atomic mass is 16.5. The SMILES string of the molecule is O=C(CNC1CC1)OC1CCCCC1. The Labute approximate surface area is 85.2 Å². The first kappa shape index (κ1) is 9.97. The summed E-state index contributed by atoms with van der Waals surface area (Å²) in [4.78, 5) is 11.4. The van der Waals surface area contributed by atoms with Crippen LogP contribution in [0.3, 0.4) is 0 Å². The van der Waals surface area contributed by atoms with Crippen molar-refractivity contribution in [2.75, 3.05) is 6.54 Å². The van der Waals surface area contributed by atoms with Crippen LogP contribution in [0.15, 0.2) is 0 Å². The summed E-state index contributed by atoms with van der Waals surface area (Å²) in [7, 11) is 0. The molecular weight excluding hydrogens is 178 g/mol. The van der Waals surface area contributed by atoms with Gasteiger partial charge >= 0.3 is 5.97 Å². The van der Waals surface area contributed by atoms with Gasteiger partial charge in [-0.15, -0.1) is 0 Å². The molecule has 14 heavy (non-hydrogen) atoms. The van der Waals surface area contributed by atoms with Gasteiger partial charge in [-0.25, -0.2) is 0 Å². The van der Waals surface area contributed by atoms with Crippen molar-refractivity contribution in [3.8, 4) is 0 Å². The zero-order valence-electron chi connectivity index (χ0n) is 8.63. The second kappa shape index (κ2) is 4.78. The Balaban J connectivity index is 1.59. The molecule has 2 aliphatic carbocycles. The normalized spacial score (nSPS) is 23.4. The van der Waals surface area contributed by atoms with E-state index in [-0.39, 0.29) is 12.1 Å². The Morgan fingerprint density at radius 2 is 1.86 bits per heavy atom. The summed E-state index contributed by atoms with van der Waals surface area (Å²) in [5.41, 5.74) is 0. The van der Waals surface area contributed by atoms with Crippen molar-refractivity contribution in [1.29, 1.82) is 0 Å². The van der Waals surface area contributed by atoms with Crippen molar-refractivity contribution in [1.82, 2.24) is 5.32 Å². The second-order valence-electron chi connectivity index (χ2n) is 4.41. The number of carbonyl (C=O) groups excluding carboxylic acids is 1. The summed E-state index contributed by atoms with van der Waals surface area (Å²) in [6, 6.07) is 0.592. The van der Waals surface area contributed by atoms with E-state index in [2.05, 4.69) is 5.32 Å². The second-order valence-corrected chi connectivity index (χ2v) is 4.41. The van der Waals surface area contributed by atoms with Gasteiger partial charge in [0.05, 0.1) is 6.54 Å². The van der Waals surface area contributed by atoms with E-state index in [1.165, 1.54) is 32.1 Å². The molecule has 0 aliphatic heterocycles. The van der Waals surface area contributed by atoms with Crippen LogP contribution in [0.5, 0.6) is 0 Å². The Bertz CT molecular complexity index is 195. The third-order valence-corrected chi connectivity index (χ3v) is 2.96. The van der Waals surface area contributed by atoms with Crippen LogP contribution in [-0.2, 0) is 9.53 Å². The Hall–Kier alpha value is -0.570. The molecule has 0 amide bonds. The topological polar surface area (TPSA) is 38.3 Å². The van der Waals surface area contributed by atoms with Crippen molar-refractivity contribution in [2.24, 2.45) is 0 Å². The molecule has 3 heteroatoms. The lowest BCUT2D eigenvalue weighted by atomic mass is 9.98. The fraction of sp³-hybridized carbons (Fsp3) is 0.909. The molecule has 2 fully saturated rings. The van der Waals surface area contributed by atoms with Crippen molar-refractivity contribution in [2.45, 2.75) is 57.1 Å². The number of rotatable bonds is 4. The minimum atomic E-state index is -0.0659. The van der Waals surface area contributed by atoms with Gasteiger partial charge in [0.25, 0.3) is 0 Å². The molecule has 1 N–H and O–H groups in total. The molecule has 0 heterocycles. The van der Waals surface area contributed by atoms with E-state index in [1.54, 1.807) is 0 Å². The Morgan fingerprint density at radius 1 is 1.14 bits per heavy atom. The average Bonchev–Trinajstić information content (AvgIpc) is 3.00. The van der Waals surface area contributed by atoms with Crippen LogP contribution in [0.4, 0.5) is 0 Å². The van der Waals surface area contributed by atoms with Crippen molar-refractivity contribution >= 4 is 5.97 Å². The molecule has 0 radical (unpaired) electrons. The van der Waals surface area contributed by atoms with E-state index in [9.17, 15) is 4.79 Å². The molecule has 0 unspecified atom stereocenters. The van der Waals surface area contributed by atoms with E-state index in [4.69, 9.17) is 4.74 Å². The molecule has 0 aromatic carbocycles. The number of hydrogen-bond donors (Lipinski definition) is 1. The van der Waals surface area contributed by atoms with Crippen LogP contribution in [0, 0.1) is 0 Å². The standard InChI is InChI=1S/C11H19NO2/c13-11(8-12-9-6-7-9)14-10-4-2-1-3-5-10/h9-10,12H,1-8H2. The zero-order valence-corrected chi connectivity index (χ0v) is 8.63. The Morgan fingerprint density at radius 3 is 2.50 bits per heavy atom. The van der Waals surface area contributed by atoms with Crippen molar-refractivity contribution in [3.63, 3.8) is 0 Å². The lowest BCUT2D eigenvalue weighted by molar-refractivity contribution is -0.149. The first-order valence-corrected chi connectivity index (χ1v) is 5.77. The van der Waals surface area contributed by atoms with Crippen molar-refractivity contribution < 1.29 is 9.53 Å². The maximum atomic E-state index is 11.4. The highest BCUT2D eigenvalue weighted by Gasteiger charge is 2.23. The number of carbonyl (C=O) groups is 1. The molecule has 2 saturated carbocycles. The predicted octanol–water partition coefficient (Wildman–Crippen LogP) is 1.61. The maximum absolute atomic E-state index is 11.4. The summed E-state index contributed by atoms with van der Waals surface area (Å²) in [5, 5.41) is 3.17. The van der Waals surface area contributed by atoms with Crippen LogP contribution in [0.1, 0.15) is 44.9 Å². The van der Waals surface area contributed by atoms with Gasteiger partial charge in [0, 0.05) is 6.04 Å². The summed E-state index contributed by atoms with van der Waals surface area (Å²) in [6.07, 6.45) is 8.51. The molecule has 2 aliphatic rings. The highest BCUT2D eigenvalue weighted by molar-refractivity contribution is 5.71. The largest absolute Gasteiger partial charge is 0.461 e. The summed E-state index contributed by atoms with van der Waals surface area (Å²) in [5.74, 6) is -0.0659. The third kappa shape index (κ3) is 3.29. The van der Waals surface area contributed by atoms with E-state index < -0.39 is 0 Å². The first-order valence-electron chi connectivity index (χ1n) is 5.77. The molecule has 0 atom stereocenters. The van der Waals surface area contributed by atoms with E-state index in [0.717, 1.165) is 12.8 Å². The molecule has 0 saturated heterocycles. The Kier molecular flexibility index (Phi) is 3.40. The van der Waals surface area contributed by atoms with E-state index in [1.807, 2.05) is 0 Å². The molecule has 80 valence electrons. The third-order valence-electron chi connectivity index (χ3n) is 2.96. The number of nitrogens with one attached hydrogen (secondary N) is 1. The average molecular weight is 197 g/mol. The molecular formula is C11H19NO2. The van der Waals surface area contributed by atoms with Gasteiger partial charge in [0.2, 0.25) is 0 Å². The highest BCUT2D eigenvalue weighted by Crippen LogP contribution is 2.21. The van der Waals surface area contributed by atoms with Gasteiger partial charge in [0.15, 0.2) is 0 Å². The summed E-state index contributed by atoms with van der Waals surface area (Å²) >= 11 is 0. The molecule has 0 bridgehead atoms. The van der Waals surface area contributed by atoms with Crippen LogP contribution in [0.25, 0.3) is 0 Å². The fourth-order valence-electron chi connectivity index (χ4n) is 1.93. The van der Waals surface area contributed by atoms with Gasteiger partial charge < -0.3 is 10.1 Å². The minimum absolute atomic E-state index is 0.0659. The van der Waals surface area contributed by atoms with E-state index in [0.29, 0.717) is 12.6 Å². The number of ether oxygens (including phenoxy) is 1. The molecule has 0 spiro atoms. The first-order chi connectivity index (χ1) is 6.84. The van der Waals surface area contributed by atoms with Crippen LogP contribution < -0.4 is 5.32 Å². The molecule has 2 rings (SSSR count). The molecule has 3 nitrogen and oxygen atoms in total. The van der Waals surface area contributed by atoms with Gasteiger partial charge in [-0.1, -0.05) is 6.42 Å². The molecule has 0 aromatic heterocycles. The van der Waals surface area contributed by atoms with Crippen LogP contribution >= 0.6 is 0 Å². The van der Waals surface area contributed by atoms with Gasteiger partial charge in [-0.3, -0.25) is 4.79 Å². The smallest absolute Gasteiger partial charge is 0.320 e. The van der Waals surface area contributed by atoms with Gasteiger partial charge in [-0.2, -0.15) is 0 Å². The lowest BCUT2D eigenvalue weighted by Crippen LogP contribution is -2.30. The predicted molar refractivity (Wildman–Crippen MR) is 54.0 cm³/mol. The summed E-state index contributed by atoms with van der Waals surface area (Å²) in [6.45, 7) is 0.404. The number of esters is 1. The quantitative estimate of drug-likeness (QED) is 0.696. The fourth-order valence-corrected chi connectivity index (χ4v) is 1.93. The van der Waals surface area contributed by atoms with Crippen LogP contribution in [-0.4, -0.2) is 24.7 Å². The summed E-state index contributed by atoms with van der Waals surface area (Å²) < 4.78 is 5.37. The van der Waals surface area contributed by atoms with Crippen LogP contribution in [0.2, 0.25) is 0 Å². The monoisotopic (exact) mass is 197 g/mol. The zero-order chi connectivity index (χ0) is 9.80. The maximum Gasteiger partial charge on any atom is 0.320 e. The minimum Gasteiger partial charge on any atom is -0.461 e. The molecule has 0 aromatic rings. The van der Waals surface area contributed by atoms with Crippen molar-refractivity contribution in [3.05, 3.63) is 0 Å². The van der Waals surface area contributed by atoms with E-state index >= 15 is 0 Å². The lowest BCUT2D eigenvalue weighted by Gasteiger charge is -2.21. The number of hydrogen-bond acceptors (Lipinski definition) is 3.